The number of nitrogens with one attached hydrogen (secondary N) is 2. The van der Waals surface area contributed by atoms with Crippen LogP contribution < -0.4 is 15.7 Å². The smallest absolute Gasteiger partial charge is 0.327 e. The van der Waals surface area contributed by atoms with Crippen LogP contribution in [0.5, 0.6) is 5.75 Å². The molecule has 3 heterocycles. The summed E-state index contributed by atoms with van der Waals surface area (Å²) in [5.41, 5.74) is 4.46. The number of nitrogens with zero attached hydrogens (tertiary/aromatic N) is 2. The van der Waals surface area contributed by atoms with Crippen molar-refractivity contribution in [1.82, 2.24) is 19.9 Å². The molecule has 0 spiro atoms. The summed E-state index contributed by atoms with van der Waals surface area (Å²) in [4.78, 5) is 31.5. The molecule has 0 aliphatic carbocycles. The van der Waals surface area contributed by atoms with Crippen LogP contribution in [0, 0.1) is 0 Å². The highest BCUT2D eigenvalue weighted by molar-refractivity contribution is 5.95. The molecule has 150 valence electrons. The van der Waals surface area contributed by atoms with E-state index in [9.17, 15) is 9.59 Å². The number of pyridine rings is 1. The molecular weight excluding hydrogens is 380 g/mol. The van der Waals surface area contributed by atoms with E-state index in [1.165, 1.54) is 10.1 Å². The first-order valence-electron chi connectivity index (χ1n) is 9.76. The van der Waals surface area contributed by atoms with E-state index in [1.807, 2.05) is 48.5 Å². The average Bonchev–Trinajstić information content (AvgIpc) is 3.32. The number of imidazole rings is 1. The molecule has 2 N–H and O–H groups in total. The summed E-state index contributed by atoms with van der Waals surface area (Å²) in [6.45, 7) is 0.441. The SMILES string of the molecule is Cn1c(=O)[nH]c2ncc(-c3cccc(C(=O)NC[C@@H]4Cc5ccccc5O4)c3)cc21. The van der Waals surface area contributed by atoms with Crippen molar-refractivity contribution in [2.75, 3.05) is 6.54 Å². The van der Waals surface area contributed by atoms with Crippen molar-refractivity contribution < 1.29 is 9.53 Å². The molecule has 0 bridgehead atoms. The molecule has 4 aromatic rings. The van der Waals surface area contributed by atoms with Crippen molar-refractivity contribution in [3.63, 3.8) is 0 Å². The predicted molar refractivity (Wildman–Crippen MR) is 114 cm³/mol. The van der Waals surface area contributed by atoms with Crippen molar-refractivity contribution in [3.8, 4) is 16.9 Å². The molecule has 1 amide bonds. The number of aromatic nitrogens is 3. The van der Waals surface area contributed by atoms with E-state index in [0.29, 0.717) is 23.3 Å². The van der Waals surface area contributed by atoms with Gasteiger partial charge in [-0.05, 0) is 35.4 Å². The minimum Gasteiger partial charge on any atom is -0.488 e. The van der Waals surface area contributed by atoms with Gasteiger partial charge in [-0.2, -0.15) is 0 Å². The van der Waals surface area contributed by atoms with Gasteiger partial charge in [0.1, 0.15) is 11.9 Å². The summed E-state index contributed by atoms with van der Waals surface area (Å²) in [6.07, 6.45) is 2.42. The minimum absolute atomic E-state index is 0.0592. The number of hydrogen-bond donors (Lipinski definition) is 2. The molecule has 1 aliphatic heterocycles. The average molecular weight is 400 g/mol. The van der Waals surface area contributed by atoms with Gasteiger partial charge in [0, 0.05) is 30.8 Å². The second-order valence-electron chi connectivity index (χ2n) is 7.42. The van der Waals surface area contributed by atoms with Gasteiger partial charge in [-0.25, -0.2) is 9.78 Å². The molecule has 2 aromatic carbocycles. The Bertz CT molecular complexity index is 1300. The van der Waals surface area contributed by atoms with Crippen LogP contribution in [0.3, 0.4) is 0 Å². The maximum absolute atomic E-state index is 12.7. The number of aryl methyl sites for hydroxylation is 1. The van der Waals surface area contributed by atoms with Gasteiger partial charge < -0.3 is 10.1 Å². The number of rotatable bonds is 4. The standard InChI is InChI=1S/C23H20N4O3/c1-27-19-11-17(12-24-21(19)26-23(27)29)14-6-4-7-16(9-14)22(28)25-13-18-10-15-5-2-3-8-20(15)30-18/h2-9,11-12,18H,10,13H2,1H3,(H,25,28)(H,24,26,29)/t18-/m0/s1. The van der Waals surface area contributed by atoms with Crippen LogP contribution in [0.2, 0.25) is 0 Å². The van der Waals surface area contributed by atoms with Crippen LogP contribution in [0.25, 0.3) is 22.3 Å². The van der Waals surface area contributed by atoms with Crippen molar-refractivity contribution in [3.05, 3.63) is 82.4 Å². The van der Waals surface area contributed by atoms with Crippen molar-refractivity contribution in [2.45, 2.75) is 12.5 Å². The Kier molecular flexibility index (Phi) is 4.35. The molecule has 0 saturated heterocycles. The van der Waals surface area contributed by atoms with E-state index in [4.69, 9.17) is 4.74 Å². The molecule has 5 rings (SSSR count). The Morgan fingerprint density at radius 3 is 2.93 bits per heavy atom. The van der Waals surface area contributed by atoms with Gasteiger partial charge in [-0.3, -0.25) is 14.3 Å². The third-order valence-corrected chi connectivity index (χ3v) is 5.42. The van der Waals surface area contributed by atoms with Crippen LogP contribution in [0.4, 0.5) is 0 Å². The molecule has 2 aromatic heterocycles. The number of amides is 1. The molecule has 0 unspecified atom stereocenters. The quantitative estimate of drug-likeness (QED) is 0.551. The Morgan fingerprint density at radius 2 is 2.07 bits per heavy atom. The lowest BCUT2D eigenvalue weighted by molar-refractivity contribution is 0.0933. The molecule has 1 atom stereocenters. The minimum atomic E-state index is -0.209. The molecule has 30 heavy (non-hydrogen) atoms. The fourth-order valence-electron chi connectivity index (χ4n) is 3.77. The lowest BCUT2D eigenvalue weighted by Crippen LogP contribution is -2.34. The molecular formula is C23H20N4O3. The molecule has 7 heteroatoms. The number of aromatic amines is 1. The van der Waals surface area contributed by atoms with Crippen LogP contribution in [-0.4, -0.2) is 33.1 Å². The number of para-hydroxylation sites is 1. The van der Waals surface area contributed by atoms with Gasteiger partial charge in [0.2, 0.25) is 0 Å². The van der Waals surface area contributed by atoms with E-state index in [0.717, 1.165) is 23.3 Å². The second-order valence-corrected chi connectivity index (χ2v) is 7.42. The fourth-order valence-corrected chi connectivity index (χ4v) is 3.77. The first-order valence-corrected chi connectivity index (χ1v) is 9.76. The first kappa shape index (κ1) is 18.2. The van der Waals surface area contributed by atoms with Crippen LogP contribution in [0.1, 0.15) is 15.9 Å². The molecule has 0 radical (unpaired) electrons. The second kappa shape index (κ2) is 7.18. The summed E-state index contributed by atoms with van der Waals surface area (Å²) in [5.74, 6) is 0.736. The lowest BCUT2D eigenvalue weighted by Gasteiger charge is -2.12. The normalized spacial score (nSPS) is 15.0. The van der Waals surface area contributed by atoms with Crippen LogP contribution >= 0.6 is 0 Å². The number of carbonyl (C=O) groups is 1. The highest BCUT2D eigenvalue weighted by Crippen LogP contribution is 2.28. The summed E-state index contributed by atoms with van der Waals surface area (Å²) in [6, 6.07) is 17.2. The molecule has 7 nitrogen and oxygen atoms in total. The zero-order valence-electron chi connectivity index (χ0n) is 16.4. The zero-order valence-corrected chi connectivity index (χ0v) is 16.4. The third-order valence-electron chi connectivity index (χ3n) is 5.42. The summed E-state index contributed by atoms with van der Waals surface area (Å²) < 4.78 is 7.40. The number of fused-ring (bicyclic) bond motifs is 2. The topological polar surface area (TPSA) is 89.0 Å². The number of carbonyl (C=O) groups excluding carboxylic acids is 1. The third kappa shape index (κ3) is 3.24. The highest BCUT2D eigenvalue weighted by atomic mass is 16.5. The predicted octanol–water partition coefficient (Wildman–Crippen LogP) is 2.66. The summed E-state index contributed by atoms with van der Waals surface area (Å²) in [7, 11) is 1.69. The van der Waals surface area contributed by atoms with Gasteiger partial charge in [0.25, 0.3) is 5.91 Å². The number of H-pyrrole nitrogens is 1. The number of benzene rings is 2. The van der Waals surface area contributed by atoms with E-state index in [1.54, 1.807) is 19.3 Å². The van der Waals surface area contributed by atoms with E-state index < -0.39 is 0 Å². The van der Waals surface area contributed by atoms with Crippen molar-refractivity contribution in [2.24, 2.45) is 7.05 Å². The van der Waals surface area contributed by atoms with Crippen LogP contribution in [0.15, 0.2) is 65.6 Å². The van der Waals surface area contributed by atoms with Crippen LogP contribution in [-0.2, 0) is 13.5 Å². The maximum Gasteiger partial charge on any atom is 0.327 e. The fraction of sp³-hybridized carbons (Fsp3) is 0.174. The zero-order chi connectivity index (χ0) is 20.7. The number of hydrogen-bond acceptors (Lipinski definition) is 4. The van der Waals surface area contributed by atoms with E-state index >= 15 is 0 Å². The lowest BCUT2D eigenvalue weighted by atomic mass is 10.0. The van der Waals surface area contributed by atoms with Gasteiger partial charge in [-0.1, -0.05) is 30.3 Å². The van der Waals surface area contributed by atoms with E-state index in [2.05, 4.69) is 15.3 Å². The Balaban J connectivity index is 1.32. The van der Waals surface area contributed by atoms with Crippen molar-refractivity contribution in [1.29, 1.82) is 0 Å². The summed E-state index contributed by atoms with van der Waals surface area (Å²) >= 11 is 0. The number of ether oxygens (including phenoxy) is 1. The monoisotopic (exact) mass is 400 g/mol. The van der Waals surface area contributed by atoms with Gasteiger partial charge in [0.05, 0.1) is 12.1 Å². The van der Waals surface area contributed by atoms with Gasteiger partial charge in [0.15, 0.2) is 5.65 Å². The Morgan fingerprint density at radius 1 is 1.20 bits per heavy atom. The van der Waals surface area contributed by atoms with E-state index in [-0.39, 0.29) is 17.7 Å². The first-order chi connectivity index (χ1) is 14.6. The van der Waals surface area contributed by atoms with Gasteiger partial charge >= 0.3 is 5.69 Å². The van der Waals surface area contributed by atoms with Crippen molar-refractivity contribution >= 4 is 17.1 Å². The Labute approximate surface area is 172 Å². The highest BCUT2D eigenvalue weighted by Gasteiger charge is 2.22. The molecule has 0 saturated carbocycles. The molecule has 0 fully saturated rings. The molecule has 1 aliphatic rings. The largest absolute Gasteiger partial charge is 0.488 e. The summed E-state index contributed by atoms with van der Waals surface area (Å²) in [5, 5.41) is 2.97. The van der Waals surface area contributed by atoms with Gasteiger partial charge in [-0.15, -0.1) is 0 Å². The maximum atomic E-state index is 12.7. The Hall–Kier alpha value is -3.87.